The number of ether oxygens (including phenoxy) is 1. The number of hydrogen-bond donors (Lipinski definition) is 0. The van der Waals surface area contributed by atoms with Crippen molar-refractivity contribution in [1.29, 1.82) is 0 Å². The molecule has 2 heterocycles. The summed E-state index contributed by atoms with van der Waals surface area (Å²) in [6.45, 7) is 8.36. The summed E-state index contributed by atoms with van der Waals surface area (Å²) in [6.07, 6.45) is 8.73. The van der Waals surface area contributed by atoms with E-state index in [1.54, 1.807) is 6.26 Å². The van der Waals surface area contributed by atoms with Gasteiger partial charge >= 0.3 is 0 Å². The Morgan fingerprint density at radius 3 is 2.60 bits per heavy atom. The van der Waals surface area contributed by atoms with Gasteiger partial charge in [0.2, 0.25) is 12.1 Å². The van der Waals surface area contributed by atoms with E-state index in [-0.39, 0.29) is 6.23 Å². The Balaban J connectivity index is 1.71. The van der Waals surface area contributed by atoms with Crippen LogP contribution in [0.15, 0.2) is 77.7 Å². The lowest BCUT2D eigenvalue weighted by molar-refractivity contribution is 0.169. The lowest BCUT2D eigenvalue weighted by Gasteiger charge is -2.23. The van der Waals surface area contributed by atoms with Gasteiger partial charge in [0.1, 0.15) is 6.26 Å². The molecular weight excluding hydrogens is 372 g/mol. The molecule has 0 amide bonds. The molecule has 154 valence electrons. The van der Waals surface area contributed by atoms with Crippen molar-refractivity contribution in [2.45, 2.75) is 40.3 Å². The van der Waals surface area contributed by atoms with Crippen LogP contribution in [0.2, 0.25) is 0 Å². The molecule has 0 radical (unpaired) electrons. The molecule has 1 unspecified atom stereocenters. The average molecular weight is 401 g/mol. The summed E-state index contributed by atoms with van der Waals surface area (Å²) in [5.74, 6) is 1.25. The zero-order valence-corrected chi connectivity index (χ0v) is 18.0. The number of aryl methyl sites for hydroxylation is 1. The number of rotatable bonds is 6. The third kappa shape index (κ3) is 4.04. The van der Waals surface area contributed by atoms with Gasteiger partial charge in [-0.05, 0) is 48.9 Å². The molecule has 0 N–H and O–H groups in total. The normalized spacial score (nSPS) is 16.0. The van der Waals surface area contributed by atoms with E-state index in [9.17, 15) is 0 Å². The van der Waals surface area contributed by atoms with Crippen molar-refractivity contribution in [3.63, 3.8) is 0 Å². The van der Waals surface area contributed by atoms with Gasteiger partial charge in [0.25, 0.3) is 0 Å². The predicted molar refractivity (Wildman–Crippen MR) is 121 cm³/mol. The second-order valence-electron chi connectivity index (χ2n) is 8.04. The maximum Gasteiger partial charge on any atom is 0.237 e. The van der Waals surface area contributed by atoms with Gasteiger partial charge in [-0.2, -0.15) is 0 Å². The molecule has 1 aliphatic rings. The second kappa shape index (κ2) is 8.62. The molecule has 0 saturated carbocycles. The van der Waals surface area contributed by atoms with E-state index in [1.165, 1.54) is 16.7 Å². The summed E-state index contributed by atoms with van der Waals surface area (Å²) in [5.41, 5.74) is 6.75. The van der Waals surface area contributed by atoms with Crippen LogP contribution in [0.5, 0.6) is 0 Å². The largest absolute Gasteiger partial charge is 0.472 e. The van der Waals surface area contributed by atoms with Crippen LogP contribution < -0.4 is 4.90 Å². The van der Waals surface area contributed by atoms with Gasteiger partial charge in [-0.3, -0.25) is 4.90 Å². The average Bonchev–Trinajstić information content (AvgIpc) is 3.35. The first-order chi connectivity index (χ1) is 14.5. The van der Waals surface area contributed by atoms with Crippen molar-refractivity contribution in [2.75, 3.05) is 4.90 Å². The first-order valence-electron chi connectivity index (χ1n) is 10.4. The molecule has 0 saturated heterocycles. The first kappa shape index (κ1) is 20.0. The zero-order valence-electron chi connectivity index (χ0n) is 18.0. The minimum atomic E-state index is -0.270. The summed E-state index contributed by atoms with van der Waals surface area (Å²) in [5, 5.41) is 4.10. The lowest BCUT2D eigenvalue weighted by atomic mass is 9.94. The minimum Gasteiger partial charge on any atom is -0.472 e. The van der Waals surface area contributed by atoms with Gasteiger partial charge in [0.05, 0.1) is 5.69 Å². The van der Waals surface area contributed by atoms with Crippen LogP contribution >= 0.6 is 0 Å². The number of nitrogens with zero attached hydrogens (tertiary/aromatic N) is 2. The Bertz CT molecular complexity index is 1060. The van der Waals surface area contributed by atoms with Crippen LogP contribution in [0, 0.1) is 19.8 Å². The van der Waals surface area contributed by atoms with Gasteiger partial charge in [-0.25, -0.2) is 0 Å². The van der Waals surface area contributed by atoms with Crippen molar-refractivity contribution in [3.8, 4) is 11.1 Å². The van der Waals surface area contributed by atoms with Crippen LogP contribution in [0.4, 0.5) is 5.88 Å². The smallest absolute Gasteiger partial charge is 0.237 e. The standard InChI is InChI=1S/C26H28N2O2/c1-18(2)9-8-12-22-17-23(13-14-24(22)21-10-6-5-7-11-21)26-28(15-16-29-26)25-19(3)20(4)27-30-25/h5-11,13-18,26H,12H2,1-4H3/b9-8-. The monoisotopic (exact) mass is 400 g/mol. The van der Waals surface area contributed by atoms with Gasteiger partial charge in [-0.15, -0.1) is 0 Å². The topological polar surface area (TPSA) is 38.5 Å². The molecule has 4 heteroatoms. The van der Waals surface area contributed by atoms with Crippen LogP contribution in [0.3, 0.4) is 0 Å². The highest BCUT2D eigenvalue weighted by Gasteiger charge is 2.29. The Hall–Kier alpha value is -3.27. The molecule has 0 bridgehead atoms. The Labute approximate surface area is 178 Å². The van der Waals surface area contributed by atoms with E-state index < -0.39 is 0 Å². The third-order valence-corrected chi connectivity index (χ3v) is 5.41. The van der Waals surface area contributed by atoms with Gasteiger partial charge in [0, 0.05) is 17.3 Å². The molecular formula is C26H28N2O2. The molecule has 1 aromatic heterocycles. The molecule has 30 heavy (non-hydrogen) atoms. The van der Waals surface area contributed by atoms with E-state index in [0.717, 1.165) is 29.1 Å². The van der Waals surface area contributed by atoms with Crippen molar-refractivity contribution >= 4 is 5.88 Å². The first-order valence-corrected chi connectivity index (χ1v) is 10.4. The molecule has 4 rings (SSSR count). The number of benzene rings is 2. The molecule has 3 aromatic rings. The number of hydrogen-bond acceptors (Lipinski definition) is 4. The zero-order chi connectivity index (χ0) is 21.1. The van der Waals surface area contributed by atoms with Gasteiger partial charge < -0.3 is 9.26 Å². The summed E-state index contributed by atoms with van der Waals surface area (Å²) >= 11 is 0. The van der Waals surface area contributed by atoms with E-state index in [1.807, 2.05) is 31.0 Å². The molecule has 4 nitrogen and oxygen atoms in total. The predicted octanol–water partition coefficient (Wildman–Crippen LogP) is 6.72. The Kier molecular flexibility index (Phi) is 5.75. The second-order valence-corrected chi connectivity index (χ2v) is 8.04. The van der Waals surface area contributed by atoms with Crippen molar-refractivity contribution in [3.05, 3.63) is 95.5 Å². The number of aromatic nitrogens is 1. The van der Waals surface area contributed by atoms with Gasteiger partial charge in [-0.1, -0.05) is 73.6 Å². The minimum absolute atomic E-state index is 0.270. The summed E-state index contributed by atoms with van der Waals surface area (Å²) in [7, 11) is 0. The SMILES string of the molecule is Cc1noc(N2C=COC2c2ccc(-c3ccccc3)c(C/C=C\C(C)C)c2)c1C. The molecule has 1 aliphatic heterocycles. The molecule has 0 aliphatic carbocycles. The molecule has 1 atom stereocenters. The summed E-state index contributed by atoms with van der Waals surface area (Å²) < 4.78 is 11.5. The Morgan fingerprint density at radius 1 is 1.10 bits per heavy atom. The maximum atomic E-state index is 5.95. The maximum absolute atomic E-state index is 5.95. The fourth-order valence-electron chi connectivity index (χ4n) is 3.68. The fraction of sp³-hybridized carbons (Fsp3) is 0.269. The molecule has 0 fully saturated rings. The van der Waals surface area contributed by atoms with Gasteiger partial charge in [0.15, 0.2) is 0 Å². The van der Waals surface area contributed by atoms with Crippen molar-refractivity contribution in [2.24, 2.45) is 5.92 Å². The van der Waals surface area contributed by atoms with E-state index in [2.05, 4.69) is 73.6 Å². The van der Waals surface area contributed by atoms with Crippen molar-refractivity contribution < 1.29 is 9.26 Å². The van der Waals surface area contributed by atoms with Crippen molar-refractivity contribution in [1.82, 2.24) is 5.16 Å². The van der Waals surface area contributed by atoms with Crippen LogP contribution in [0.1, 0.15) is 42.5 Å². The van der Waals surface area contributed by atoms with Crippen LogP contribution in [-0.4, -0.2) is 5.16 Å². The fourth-order valence-corrected chi connectivity index (χ4v) is 3.68. The molecule has 0 spiro atoms. The highest BCUT2D eigenvalue weighted by Crippen LogP contribution is 2.37. The van der Waals surface area contributed by atoms with Crippen LogP contribution in [-0.2, 0) is 11.2 Å². The highest BCUT2D eigenvalue weighted by atomic mass is 16.5. The van der Waals surface area contributed by atoms with E-state index >= 15 is 0 Å². The quantitative estimate of drug-likeness (QED) is 0.431. The Morgan fingerprint density at radius 2 is 1.90 bits per heavy atom. The van der Waals surface area contributed by atoms with E-state index in [4.69, 9.17) is 9.26 Å². The highest BCUT2D eigenvalue weighted by molar-refractivity contribution is 5.68. The summed E-state index contributed by atoms with van der Waals surface area (Å²) in [6, 6.07) is 17.1. The molecule has 2 aromatic carbocycles. The summed E-state index contributed by atoms with van der Waals surface area (Å²) in [4.78, 5) is 2.00. The number of allylic oxidation sites excluding steroid dienone is 2. The van der Waals surface area contributed by atoms with Crippen LogP contribution in [0.25, 0.3) is 11.1 Å². The third-order valence-electron chi connectivity index (χ3n) is 5.41. The lowest BCUT2D eigenvalue weighted by Crippen LogP contribution is -2.20. The number of anilines is 1. The van der Waals surface area contributed by atoms with E-state index in [0.29, 0.717) is 5.92 Å².